The van der Waals surface area contributed by atoms with Crippen LogP contribution in [-0.2, 0) is 17.6 Å². The number of amides is 1. The first-order chi connectivity index (χ1) is 11.4. The number of carbonyl (C=O) groups excluding carboxylic acids is 1. The monoisotopic (exact) mass is 327 g/mol. The van der Waals surface area contributed by atoms with Gasteiger partial charge in [-0.2, -0.15) is 0 Å². The number of ether oxygens (including phenoxy) is 2. The van der Waals surface area contributed by atoms with E-state index in [2.05, 4.69) is 17.4 Å². The van der Waals surface area contributed by atoms with Crippen molar-refractivity contribution >= 4 is 5.91 Å². The lowest BCUT2D eigenvalue weighted by molar-refractivity contribution is -0.122. The summed E-state index contributed by atoms with van der Waals surface area (Å²) in [4.78, 5) is 12.4. The van der Waals surface area contributed by atoms with Gasteiger partial charge in [-0.1, -0.05) is 36.4 Å². The van der Waals surface area contributed by atoms with Crippen LogP contribution in [0.2, 0.25) is 0 Å². The second-order valence-corrected chi connectivity index (χ2v) is 6.46. The molecule has 0 aliphatic rings. The van der Waals surface area contributed by atoms with Crippen LogP contribution in [0.15, 0.2) is 48.5 Å². The first-order valence-corrected chi connectivity index (χ1v) is 7.99. The molecule has 4 nitrogen and oxygen atoms in total. The molecule has 24 heavy (non-hydrogen) atoms. The van der Waals surface area contributed by atoms with Crippen LogP contribution in [0, 0.1) is 0 Å². The van der Waals surface area contributed by atoms with Crippen molar-refractivity contribution < 1.29 is 14.3 Å². The zero-order valence-corrected chi connectivity index (χ0v) is 14.8. The lowest BCUT2D eigenvalue weighted by Gasteiger charge is -2.26. The van der Waals surface area contributed by atoms with Crippen LogP contribution in [0.3, 0.4) is 0 Å². The number of hydrogen-bond acceptors (Lipinski definition) is 3. The van der Waals surface area contributed by atoms with Gasteiger partial charge in [0.1, 0.15) is 0 Å². The highest BCUT2D eigenvalue weighted by molar-refractivity contribution is 5.79. The van der Waals surface area contributed by atoms with Crippen molar-refractivity contribution in [1.82, 2.24) is 5.32 Å². The van der Waals surface area contributed by atoms with E-state index < -0.39 is 0 Å². The van der Waals surface area contributed by atoms with Crippen LogP contribution in [0.5, 0.6) is 11.5 Å². The summed E-state index contributed by atoms with van der Waals surface area (Å²) in [5.74, 6) is 1.28. The Bertz CT molecular complexity index is 681. The minimum Gasteiger partial charge on any atom is -0.493 e. The third kappa shape index (κ3) is 5.01. The topological polar surface area (TPSA) is 47.6 Å². The lowest BCUT2D eigenvalue weighted by Crippen LogP contribution is -2.45. The number of hydrogen-bond donors (Lipinski definition) is 1. The van der Waals surface area contributed by atoms with Gasteiger partial charge in [0.15, 0.2) is 11.5 Å². The Morgan fingerprint density at radius 1 is 0.958 bits per heavy atom. The summed E-state index contributed by atoms with van der Waals surface area (Å²) in [7, 11) is 3.18. The minimum absolute atomic E-state index is 0.0110. The lowest BCUT2D eigenvalue weighted by atomic mass is 9.94. The molecule has 0 spiro atoms. The van der Waals surface area contributed by atoms with Gasteiger partial charge in [0.25, 0.3) is 0 Å². The highest BCUT2D eigenvalue weighted by atomic mass is 16.5. The molecule has 0 heterocycles. The Hall–Kier alpha value is -2.49. The van der Waals surface area contributed by atoms with Gasteiger partial charge in [0.05, 0.1) is 20.6 Å². The van der Waals surface area contributed by atoms with Gasteiger partial charge in [0, 0.05) is 5.54 Å². The molecule has 0 saturated heterocycles. The van der Waals surface area contributed by atoms with Gasteiger partial charge in [0.2, 0.25) is 5.91 Å². The van der Waals surface area contributed by atoms with Crippen molar-refractivity contribution in [3.63, 3.8) is 0 Å². The SMILES string of the molecule is COc1ccc(CC(=O)NC(C)(C)Cc2ccccc2)cc1OC. The zero-order chi connectivity index (χ0) is 17.6. The van der Waals surface area contributed by atoms with Gasteiger partial charge in [-0.05, 0) is 43.5 Å². The highest BCUT2D eigenvalue weighted by Gasteiger charge is 2.21. The molecule has 2 aromatic carbocycles. The average Bonchev–Trinajstić information content (AvgIpc) is 2.54. The number of benzene rings is 2. The summed E-state index contributed by atoms with van der Waals surface area (Å²) in [6.45, 7) is 4.07. The molecule has 2 aromatic rings. The van der Waals surface area contributed by atoms with Crippen molar-refractivity contribution in [1.29, 1.82) is 0 Å². The summed E-state index contributed by atoms with van der Waals surface area (Å²) in [5, 5.41) is 3.11. The first-order valence-electron chi connectivity index (χ1n) is 7.99. The number of carbonyl (C=O) groups is 1. The zero-order valence-electron chi connectivity index (χ0n) is 14.8. The maximum atomic E-state index is 12.4. The molecule has 0 aliphatic heterocycles. The van der Waals surface area contributed by atoms with Gasteiger partial charge in [-0.15, -0.1) is 0 Å². The third-order valence-electron chi connectivity index (χ3n) is 3.78. The van der Waals surface area contributed by atoms with E-state index in [9.17, 15) is 4.79 Å². The molecule has 1 N–H and O–H groups in total. The van der Waals surface area contributed by atoms with E-state index in [0.29, 0.717) is 17.9 Å². The molecule has 0 aliphatic carbocycles. The first kappa shape index (κ1) is 17.9. The highest BCUT2D eigenvalue weighted by Crippen LogP contribution is 2.27. The van der Waals surface area contributed by atoms with E-state index in [1.165, 1.54) is 5.56 Å². The summed E-state index contributed by atoms with van der Waals surface area (Å²) in [5.41, 5.74) is 1.78. The van der Waals surface area contributed by atoms with Gasteiger partial charge in [-0.25, -0.2) is 0 Å². The quantitative estimate of drug-likeness (QED) is 0.848. The predicted octanol–water partition coefficient (Wildman–Crippen LogP) is 3.38. The maximum Gasteiger partial charge on any atom is 0.224 e. The Morgan fingerprint density at radius 2 is 1.62 bits per heavy atom. The van der Waals surface area contributed by atoms with E-state index in [4.69, 9.17) is 9.47 Å². The van der Waals surface area contributed by atoms with Crippen LogP contribution in [-0.4, -0.2) is 25.7 Å². The number of methoxy groups -OCH3 is 2. The molecular formula is C20H25NO3. The van der Waals surface area contributed by atoms with Crippen molar-refractivity contribution in [2.45, 2.75) is 32.2 Å². The normalized spacial score (nSPS) is 11.0. The molecule has 0 atom stereocenters. The Morgan fingerprint density at radius 3 is 2.25 bits per heavy atom. The molecule has 1 amide bonds. The summed E-state index contributed by atoms with van der Waals surface area (Å²) < 4.78 is 10.5. The number of nitrogens with one attached hydrogen (secondary N) is 1. The standard InChI is InChI=1S/C20H25NO3/c1-20(2,14-15-8-6-5-7-9-15)21-19(22)13-16-10-11-17(23-3)18(12-16)24-4/h5-12H,13-14H2,1-4H3,(H,21,22). The van der Waals surface area contributed by atoms with E-state index in [1.807, 2.05) is 50.2 Å². The molecular weight excluding hydrogens is 302 g/mol. The summed E-state index contributed by atoms with van der Waals surface area (Å²) in [6.07, 6.45) is 1.09. The Kier molecular flexibility index (Phi) is 5.85. The second kappa shape index (κ2) is 7.86. The van der Waals surface area contributed by atoms with Gasteiger partial charge >= 0.3 is 0 Å². The molecule has 2 rings (SSSR count). The van der Waals surface area contributed by atoms with Crippen LogP contribution < -0.4 is 14.8 Å². The molecule has 0 fully saturated rings. The second-order valence-electron chi connectivity index (χ2n) is 6.46. The Labute approximate surface area is 143 Å². The smallest absolute Gasteiger partial charge is 0.224 e. The van der Waals surface area contributed by atoms with Crippen molar-refractivity contribution in [3.05, 3.63) is 59.7 Å². The summed E-state index contributed by atoms with van der Waals surface area (Å²) in [6, 6.07) is 15.7. The fourth-order valence-corrected chi connectivity index (χ4v) is 2.75. The molecule has 4 heteroatoms. The van der Waals surface area contributed by atoms with Crippen molar-refractivity contribution in [3.8, 4) is 11.5 Å². The minimum atomic E-state index is -0.311. The van der Waals surface area contributed by atoms with E-state index >= 15 is 0 Å². The van der Waals surface area contributed by atoms with Crippen LogP contribution >= 0.6 is 0 Å². The van der Waals surface area contributed by atoms with E-state index in [1.54, 1.807) is 14.2 Å². The Balaban J connectivity index is 1.99. The summed E-state index contributed by atoms with van der Waals surface area (Å²) >= 11 is 0. The fourth-order valence-electron chi connectivity index (χ4n) is 2.75. The van der Waals surface area contributed by atoms with Crippen LogP contribution in [0.25, 0.3) is 0 Å². The molecule has 0 aromatic heterocycles. The average molecular weight is 327 g/mol. The largest absolute Gasteiger partial charge is 0.493 e. The van der Waals surface area contributed by atoms with Crippen LogP contribution in [0.4, 0.5) is 0 Å². The van der Waals surface area contributed by atoms with Crippen molar-refractivity contribution in [2.24, 2.45) is 0 Å². The van der Waals surface area contributed by atoms with E-state index in [-0.39, 0.29) is 11.4 Å². The fraction of sp³-hybridized carbons (Fsp3) is 0.350. The van der Waals surface area contributed by atoms with Crippen LogP contribution in [0.1, 0.15) is 25.0 Å². The van der Waals surface area contributed by atoms with E-state index in [0.717, 1.165) is 12.0 Å². The molecule has 128 valence electrons. The van der Waals surface area contributed by atoms with Crippen molar-refractivity contribution in [2.75, 3.05) is 14.2 Å². The molecule has 0 radical (unpaired) electrons. The van der Waals surface area contributed by atoms with Gasteiger partial charge < -0.3 is 14.8 Å². The third-order valence-corrected chi connectivity index (χ3v) is 3.78. The molecule has 0 bridgehead atoms. The molecule has 0 unspecified atom stereocenters. The maximum absolute atomic E-state index is 12.4. The number of rotatable bonds is 7. The van der Waals surface area contributed by atoms with Gasteiger partial charge in [-0.3, -0.25) is 4.79 Å². The molecule has 0 saturated carbocycles. The predicted molar refractivity (Wildman–Crippen MR) is 95.6 cm³/mol.